The summed E-state index contributed by atoms with van der Waals surface area (Å²) >= 11 is 11.5. The van der Waals surface area contributed by atoms with E-state index in [9.17, 15) is 8.42 Å². The van der Waals surface area contributed by atoms with Crippen molar-refractivity contribution < 1.29 is 12.6 Å². The number of hydrogen-bond acceptors (Lipinski definition) is 4. The zero-order valence-electron chi connectivity index (χ0n) is 9.88. The van der Waals surface area contributed by atoms with Gasteiger partial charge >= 0.3 is 10.1 Å². The van der Waals surface area contributed by atoms with Crippen LogP contribution in [0.1, 0.15) is 5.56 Å². The van der Waals surface area contributed by atoms with Crippen molar-refractivity contribution in [2.75, 3.05) is 0 Å². The highest BCUT2D eigenvalue weighted by Crippen LogP contribution is 2.28. The molecule has 0 amide bonds. The minimum atomic E-state index is -3.98. The lowest BCUT2D eigenvalue weighted by Crippen LogP contribution is -2.09. The van der Waals surface area contributed by atoms with E-state index in [2.05, 4.69) is 0 Å². The second-order valence-corrected chi connectivity index (χ2v) is 6.11. The maximum atomic E-state index is 12.0. The van der Waals surface area contributed by atoms with Crippen molar-refractivity contribution in [3.05, 3.63) is 58.1 Å². The van der Waals surface area contributed by atoms with Crippen LogP contribution in [-0.2, 0) is 10.1 Å². The van der Waals surface area contributed by atoms with E-state index in [1.165, 1.54) is 42.5 Å². The van der Waals surface area contributed by atoms with Crippen LogP contribution >= 0.6 is 23.2 Å². The summed E-state index contributed by atoms with van der Waals surface area (Å²) in [6.07, 6.45) is 0. The molecule has 102 valence electrons. The van der Waals surface area contributed by atoms with Crippen LogP contribution in [0.25, 0.3) is 0 Å². The van der Waals surface area contributed by atoms with Gasteiger partial charge < -0.3 is 4.18 Å². The van der Waals surface area contributed by atoms with Crippen molar-refractivity contribution in [1.82, 2.24) is 0 Å². The van der Waals surface area contributed by atoms with E-state index in [-0.39, 0.29) is 15.7 Å². The van der Waals surface area contributed by atoms with Crippen molar-refractivity contribution in [3.8, 4) is 11.8 Å². The minimum Gasteiger partial charge on any atom is -0.379 e. The Hall–Kier alpha value is -1.74. The van der Waals surface area contributed by atoms with Gasteiger partial charge in [-0.1, -0.05) is 23.2 Å². The zero-order chi connectivity index (χ0) is 14.8. The standard InChI is InChI=1S/C13H7Cl2NO3S/c14-12-6-3-10(7-13(12)15)19-20(17,18)11-4-1-9(8-16)2-5-11/h1-7H. The van der Waals surface area contributed by atoms with Crippen molar-refractivity contribution in [2.24, 2.45) is 0 Å². The third kappa shape index (κ3) is 3.23. The minimum absolute atomic E-state index is 0.0532. The average molecular weight is 328 g/mol. The molecule has 20 heavy (non-hydrogen) atoms. The number of hydrogen-bond donors (Lipinski definition) is 0. The van der Waals surface area contributed by atoms with Gasteiger partial charge in [0.2, 0.25) is 0 Å². The number of nitriles is 1. The van der Waals surface area contributed by atoms with E-state index in [1.54, 1.807) is 0 Å². The second-order valence-electron chi connectivity index (χ2n) is 3.75. The Balaban J connectivity index is 2.30. The van der Waals surface area contributed by atoms with Gasteiger partial charge in [-0.05, 0) is 36.4 Å². The van der Waals surface area contributed by atoms with E-state index in [4.69, 9.17) is 32.6 Å². The van der Waals surface area contributed by atoms with Crippen LogP contribution in [0.2, 0.25) is 10.0 Å². The summed E-state index contributed by atoms with van der Waals surface area (Å²) in [6.45, 7) is 0. The van der Waals surface area contributed by atoms with Crippen LogP contribution < -0.4 is 4.18 Å². The Morgan fingerprint density at radius 3 is 2.20 bits per heavy atom. The largest absolute Gasteiger partial charge is 0.379 e. The van der Waals surface area contributed by atoms with Crippen molar-refractivity contribution in [2.45, 2.75) is 4.90 Å². The van der Waals surface area contributed by atoms with E-state index in [0.29, 0.717) is 10.6 Å². The molecule has 0 aliphatic rings. The maximum absolute atomic E-state index is 12.0. The van der Waals surface area contributed by atoms with E-state index in [1.807, 2.05) is 6.07 Å². The maximum Gasteiger partial charge on any atom is 0.339 e. The molecule has 4 nitrogen and oxygen atoms in total. The number of nitrogens with zero attached hydrogens (tertiary/aromatic N) is 1. The molecule has 0 heterocycles. The Morgan fingerprint density at radius 1 is 1.00 bits per heavy atom. The van der Waals surface area contributed by atoms with Crippen LogP contribution in [0, 0.1) is 11.3 Å². The summed E-state index contributed by atoms with van der Waals surface area (Å²) in [5.41, 5.74) is 0.360. The van der Waals surface area contributed by atoms with Gasteiger partial charge in [0, 0.05) is 6.07 Å². The lowest BCUT2D eigenvalue weighted by atomic mass is 10.2. The third-order valence-corrected chi connectivity index (χ3v) is 4.37. The smallest absolute Gasteiger partial charge is 0.339 e. The van der Waals surface area contributed by atoms with Gasteiger partial charge in [0.05, 0.1) is 21.7 Å². The lowest BCUT2D eigenvalue weighted by molar-refractivity contribution is 0.486. The molecule has 0 atom stereocenters. The van der Waals surface area contributed by atoms with Gasteiger partial charge in [-0.25, -0.2) is 0 Å². The first-order valence-corrected chi connectivity index (χ1v) is 7.48. The fourth-order valence-corrected chi connectivity index (χ4v) is 2.61. The SMILES string of the molecule is N#Cc1ccc(S(=O)(=O)Oc2ccc(Cl)c(Cl)c2)cc1. The monoisotopic (exact) mass is 327 g/mol. The molecular weight excluding hydrogens is 321 g/mol. The van der Waals surface area contributed by atoms with E-state index >= 15 is 0 Å². The molecule has 0 aromatic heterocycles. The molecule has 0 unspecified atom stereocenters. The zero-order valence-corrected chi connectivity index (χ0v) is 12.2. The number of benzene rings is 2. The quantitative estimate of drug-likeness (QED) is 0.807. The van der Waals surface area contributed by atoms with Crippen molar-refractivity contribution in [1.29, 1.82) is 5.26 Å². The molecule has 2 rings (SSSR count). The molecule has 0 radical (unpaired) electrons. The average Bonchev–Trinajstić information content (AvgIpc) is 2.43. The fraction of sp³-hybridized carbons (Fsp3) is 0. The van der Waals surface area contributed by atoms with Gasteiger partial charge in [0.1, 0.15) is 10.6 Å². The number of rotatable bonds is 3. The molecule has 0 aliphatic carbocycles. The first kappa shape index (κ1) is 14.7. The second kappa shape index (κ2) is 5.71. The molecule has 0 N–H and O–H groups in total. The first-order chi connectivity index (χ1) is 9.42. The summed E-state index contributed by atoms with van der Waals surface area (Å²) < 4.78 is 29.0. The molecular formula is C13H7Cl2NO3S. The Kier molecular flexibility index (Phi) is 4.19. The Morgan fingerprint density at radius 2 is 1.65 bits per heavy atom. The van der Waals surface area contributed by atoms with E-state index in [0.717, 1.165) is 0 Å². The molecule has 0 aliphatic heterocycles. The van der Waals surface area contributed by atoms with Crippen LogP contribution in [0.3, 0.4) is 0 Å². The summed E-state index contributed by atoms with van der Waals surface area (Å²) in [4.78, 5) is -0.0532. The number of halogens is 2. The summed E-state index contributed by atoms with van der Waals surface area (Å²) in [7, 11) is -3.98. The summed E-state index contributed by atoms with van der Waals surface area (Å²) in [5, 5.41) is 9.16. The molecule has 2 aromatic rings. The lowest BCUT2D eigenvalue weighted by Gasteiger charge is -2.07. The van der Waals surface area contributed by atoms with E-state index < -0.39 is 10.1 Å². The molecule has 0 saturated carbocycles. The van der Waals surface area contributed by atoms with Gasteiger partial charge in [-0.15, -0.1) is 0 Å². The van der Waals surface area contributed by atoms with Crippen LogP contribution in [-0.4, -0.2) is 8.42 Å². The molecule has 0 fully saturated rings. The van der Waals surface area contributed by atoms with Crippen molar-refractivity contribution >= 4 is 33.3 Å². The Labute approximate surface area is 126 Å². The summed E-state index contributed by atoms with van der Waals surface area (Å²) in [5.74, 6) is 0.0590. The molecule has 2 aromatic carbocycles. The fourth-order valence-electron chi connectivity index (χ4n) is 1.40. The molecule has 0 saturated heterocycles. The molecule has 7 heteroatoms. The highest BCUT2D eigenvalue weighted by Gasteiger charge is 2.17. The Bertz CT molecular complexity index is 780. The predicted octanol–water partition coefficient (Wildman–Crippen LogP) is 3.63. The summed E-state index contributed by atoms with van der Waals surface area (Å²) in [6, 6.07) is 11.4. The van der Waals surface area contributed by atoms with Crippen LogP contribution in [0.15, 0.2) is 47.4 Å². The third-order valence-electron chi connectivity index (χ3n) is 2.37. The normalized spacial score (nSPS) is 10.8. The van der Waals surface area contributed by atoms with Crippen LogP contribution in [0.4, 0.5) is 0 Å². The topological polar surface area (TPSA) is 67.2 Å². The van der Waals surface area contributed by atoms with Gasteiger partial charge in [0.25, 0.3) is 0 Å². The predicted molar refractivity (Wildman–Crippen MR) is 75.4 cm³/mol. The van der Waals surface area contributed by atoms with Crippen LogP contribution in [0.5, 0.6) is 5.75 Å². The van der Waals surface area contributed by atoms with Gasteiger partial charge in [-0.3, -0.25) is 0 Å². The van der Waals surface area contributed by atoms with Gasteiger partial charge in [0.15, 0.2) is 0 Å². The molecule has 0 spiro atoms. The molecule has 0 bridgehead atoms. The van der Waals surface area contributed by atoms with Crippen molar-refractivity contribution in [3.63, 3.8) is 0 Å². The highest BCUT2D eigenvalue weighted by atomic mass is 35.5. The van der Waals surface area contributed by atoms with Gasteiger partial charge in [-0.2, -0.15) is 13.7 Å². The highest BCUT2D eigenvalue weighted by molar-refractivity contribution is 7.87. The first-order valence-electron chi connectivity index (χ1n) is 5.32.